The van der Waals surface area contributed by atoms with Gasteiger partial charge in [0.1, 0.15) is 0 Å². The normalized spacial score (nSPS) is 12.1. The van der Waals surface area contributed by atoms with E-state index in [-0.39, 0.29) is 5.54 Å². The summed E-state index contributed by atoms with van der Waals surface area (Å²) in [7, 11) is 0. The van der Waals surface area contributed by atoms with E-state index >= 15 is 0 Å². The first-order chi connectivity index (χ1) is 8.53. The molecular weight excluding hydrogens is 293 g/mol. The van der Waals surface area contributed by atoms with Crippen molar-refractivity contribution in [3.8, 4) is 0 Å². The molecule has 0 aromatic carbocycles. The molecule has 0 saturated heterocycles. The summed E-state index contributed by atoms with van der Waals surface area (Å²) in [4.78, 5) is 0. The summed E-state index contributed by atoms with van der Waals surface area (Å²) in [5.74, 6) is 0.952. The number of nitrogens with one attached hydrogen (secondary N) is 1. The molecule has 1 heterocycles. The fourth-order valence-electron chi connectivity index (χ4n) is 1.75. The first-order valence-corrected chi connectivity index (χ1v) is 7.57. The molecule has 0 aliphatic rings. The Morgan fingerprint density at radius 2 is 1.89 bits per heavy atom. The summed E-state index contributed by atoms with van der Waals surface area (Å²) in [5.41, 5.74) is 1.60. The minimum atomic E-state index is -0.247. The van der Waals surface area contributed by atoms with Crippen molar-refractivity contribution in [1.82, 2.24) is 15.1 Å². The maximum absolute atomic E-state index is 6.26. The van der Waals surface area contributed by atoms with Crippen LogP contribution in [-0.4, -0.2) is 27.1 Å². The molecule has 1 N–H and O–H groups in total. The van der Waals surface area contributed by atoms with Crippen LogP contribution >= 0.6 is 34.8 Å². The van der Waals surface area contributed by atoms with Gasteiger partial charge in [0.15, 0.2) is 0 Å². The van der Waals surface area contributed by atoms with E-state index in [9.17, 15) is 0 Å². The first kappa shape index (κ1) is 16.1. The van der Waals surface area contributed by atoms with Gasteiger partial charge in [-0.05, 0) is 20.3 Å². The number of aryl methyl sites for hydroxylation is 2. The van der Waals surface area contributed by atoms with Gasteiger partial charge in [0.25, 0.3) is 0 Å². The van der Waals surface area contributed by atoms with Gasteiger partial charge >= 0.3 is 0 Å². The summed E-state index contributed by atoms with van der Waals surface area (Å²) in [5, 5.41) is 8.52. The van der Waals surface area contributed by atoms with E-state index < -0.39 is 0 Å². The van der Waals surface area contributed by atoms with Gasteiger partial charge in [0, 0.05) is 30.4 Å². The van der Waals surface area contributed by atoms with Crippen LogP contribution in [0.25, 0.3) is 0 Å². The molecule has 104 valence electrons. The van der Waals surface area contributed by atoms with Crippen LogP contribution in [0.1, 0.15) is 31.7 Å². The Morgan fingerprint density at radius 1 is 1.28 bits per heavy atom. The molecule has 3 nitrogen and oxygen atoms in total. The van der Waals surface area contributed by atoms with E-state index in [1.54, 1.807) is 0 Å². The summed E-state index contributed by atoms with van der Waals surface area (Å²) in [6.07, 6.45) is 0.872. The Balaban J connectivity index is 2.85. The average molecular weight is 313 g/mol. The molecule has 0 amide bonds. The molecule has 0 radical (unpaired) electrons. The smallest absolute Gasteiger partial charge is 0.0860 e. The first-order valence-electron chi connectivity index (χ1n) is 6.12. The highest BCUT2D eigenvalue weighted by Crippen LogP contribution is 2.22. The molecule has 0 fully saturated rings. The molecule has 1 aromatic heterocycles. The maximum atomic E-state index is 6.26. The van der Waals surface area contributed by atoms with Gasteiger partial charge in [-0.25, -0.2) is 0 Å². The van der Waals surface area contributed by atoms with Crippen molar-refractivity contribution in [1.29, 1.82) is 0 Å². The zero-order valence-corrected chi connectivity index (χ0v) is 13.3. The van der Waals surface area contributed by atoms with E-state index in [1.165, 1.54) is 0 Å². The van der Waals surface area contributed by atoms with Gasteiger partial charge in [0.05, 0.1) is 16.4 Å². The molecule has 0 spiro atoms. The van der Waals surface area contributed by atoms with E-state index in [0.29, 0.717) is 18.3 Å². The molecule has 1 aromatic rings. The predicted molar refractivity (Wildman–Crippen MR) is 78.9 cm³/mol. The molecule has 0 aliphatic heterocycles. The quantitative estimate of drug-likeness (QED) is 0.780. The van der Waals surface area contributed by atoms with Crippen LogP contribution in [-0.2, 0) is 13.1 Å². The molecule has 1 rings (SSSR count). The van der Waals surface area contributed by atoms with E-state index in [0.717, 1.165) is 29.4 Å². The monoisotopic (exact) mass is 311 g/mol. The number of aromatic nitrogens is 2. The number of alkyl halides is 2. The van der Waals surface area contributed by atoms with Crippen molar-refractivity contribution in [2.24, 2.45) is 0 Å². The number of rotatable bonds is 7. The van der Waals surface area contributed by atoms with Crippen LogP contribution in [0.4, 0.5) is 0 Å². The van der Waals surface area contributed by atoms with Gasteiger partial charge in [-0.3, -0.25) is 4.68 Å². The van der Waals surface area contributed by atoms with Crippen LogP contribution in [0.3, 0.4) is 0 Å². The Morgan fingerprint density at radius 3 is 2.33 bits per heavy atom. The third-order valence-corrected chi connectivity index (χ3v) is 4.79. The van der Waals surface area contributed by atoms with E-state index in [1.807, 2.05) is 18.5 Å². The second-order valence-electron chi connectivity index (χ2n) is 4.42. The maximum Gasteiger partial charge on any atom is 0.0860 e. The highest BCUT2D eigenvalue weighted by atomic mass is 35.5. The van der Waals surface area contributed by atoms with Crippen LogP contribution in [0.5, 0.6) is 0 Å². The summed E-state index contributed by atoms with van der Waals surface area (Å²) in [6.45, 7) is 7.45. The largest absolute Gasteiger partial charge is 0.303 e. The molecule has 6 heteroatoms. The summed E-state index contributed by atoms with van der Waals surface area (Å²) < 4.78 is 1.91. The molecule has 18 heavy (non-hydrogen) atoms. The van der Waals surface area contributed by atoms with Crippen molar-refractivity contribution in [2.75, 3.05) is 11.8 Å². The van der Waals surface area contributed by atoms with Crippen LogP contribution < -0.4 is 5.32 Å². The number of nitrogens with zero attached hydrogens (tertiary/aromatic N) is 2. The van der Waals surface area contributed by atoms with Gasteiger partial charge in [-0.2, -0.15) is 5.10 Å². The predicted octanol–water partition coefficient (Wildman–Crippen LogP) is 3.58. The highest BCUT2D eigenvalue weighted by molar-refractivity contribution is 6.31. The van der Waals surface area contributed by atoms with Crippen molar-refractivity contribution < 1.29 is 0 Å². The minimum absolute atomic E-state index is 0.247. The molecule has 0 atom stereocenters. The SMILES string of the molecule is CCn1nc(C)c(Cl)c1CNC(CC)(CCl)CCl. The van der Waals surface area contributed by atoms with Crippen LogP contribution in [0, 0.1) is 6.92 Å². The Kier molecular flexibility index (Phi) is 6.25. The van der Waals surface area contributed by atoms with Crippen molar-refractivity contribution in [3.05, 3.63) is 16.4 Å². The van der Waals surface area contributed by atoms with Gasteiger partial charge in [0.2, 0.25) is 0 Å². The number of hydrogen-bond acceptors (Lipinski definition) is 2. The second kappa shape index (κ2) is 6.99. The fourth-order valence-corrected chi connectivity index (χ4v) is 2.81. The van der Waals surface area contributed by atoms with E-state index in [2.05, 4.69) is 17.3 Å². The Hall–Kier alpha value is 0.0400. The van der Waals surface area contributed by atoms with Crippen LogP contribution in [0.2, 0.25) is 5.02 Å². The Labute approximate surface area is 124 Å². The van der Waals surface area contributed by atoms with Crippen LogP contribution in [0.15, 0.2) is 0 Å². The molecule has 0 saturated carbocycles. The molecule has 0 bridgehead atoms. The third-order valence-electron chi connectivity index (χ3n) is 3.27. The van der Waals surface area contributed by atoms with Gasteiger partial charge in [-0.1, -0.05) is 18.5 Å². The lowest BCUT2D eigenvalue weighted by Crippen LogP contribution is -2.48. The summed E-state index contributed by atoms with van der Waals surface area (Å²) >= 11 is 18.3. The van der Waals surface area contributed by atoms with Gasteiger partial charge in [-0.15, -0.1) is 23.2 Å². The standard InChI is InChI=1S/C12H20Cl3N3/c1-4-12(7-13,8-14)16-6-10-11(15)9(3)17-18(10)5-2/h16H,4-8H2,1-3H3. The topological polar surface area (TPSA) is 29.9 Å². The lowest BCUT2D eigenvalue weighted by Gasteiger charge is -2.29. The Bertz CT molecular complexity index is 378. The zero-order valence-electron chi connectivity index (χ0n) is 11.1. The van der Waals surface area contributed by atoms with Crippen molar-refractivity contribution in [3.63, 3.8) is 0 Å². The zero-order chi connectivity index (χ0) is 13.8. The third kappa shape index (κ3) is 3.32. The highest BCUT2D eigenvalue weighted by Gasteiger charge is 2.26. The van der Waals surface area contributed by atoms with Crippen molar-refractivity contribution in [2.45, 2.75) is 45.8 Å². The fraction of sp³-hybridized carbons (Fsp3) is 0.750. The molecular formula is C12H20Cl3N3. The number of hydrogen-bond donors (Lipinski definition) is 1. The lowest BCUT2D eigenvalue weighted by atomic mass is 10.0. The number of halogens is 3. The molecule has 0 unspecified atom stereocenters. The summed E-state index contributed by atoms with van der Waals surface area (Å²) in [6, 6.07) is 0. The van der Waals surface area contributed by atoms with E-state index in [4.69, 9.17) is 34.8 Å². The lowest BCUT2D eigenvalue weighted by molar-refractivity contribution is 0.377. The van der Waals surface area contributed by atoms with Gasteiger partial charge < -0.3 is 5.32 Å². The minimum Gasteiger partial charge on any atom is -0.303 e. The average Bonchev–Trinajstić information content (AvgIpc) is 2.68. The van der Waals surface area contributed by atoms with Crippen molar-refractivity contribution >= 4 is 34.8 Å². The second-order valence-corrected chi connectivity index (χ2v) is 5.33. The molecule has 0 aliphatic carbocycles.